The second-order valence-electron chi connectivity index (χ2n) is 7.98. The van der Waals surface area contributed by atoms with Crippen molar-refractivity contribution in [2.24, 2.45) is 4.99 Å². The van der Waals surface area contributed by atoms with Crippen LogP contribution in [0, 0.1) is 22.5 Å². The van der Waals surface area contributed by atoms with Gasteiger partial charge < -0.3 is 4.57 Å². The summed E-state index contributed by atoms with van der Waals surface area (Å²) in [6, 6.07) is 10.0. The molecule has 0 radical (unpaired) electrons. The van der Waals surface area contributed by atoms with Crippen molar-refractivity contribution in [2.45, 2.75) is 43.2 Å². The molecule has 1 heterocycles. The van der Waals surface area contributed by atoms with Crippen molar-refractivity contribution in [3.05, 3.63) is 62.9 Å². The Morgan fingerprint density at radius 3 is 2.56 bits per heavy atom. The normalized spacial score (nSPS) is 15.1. The van der Waals surface area contributed by atoms with E-state index in [9.17, 15) is 23.3 Å². The van der Waals surface area contributed by atoms with Crippen LogP contribution < -0.4 is 4.80 Å². The molecule has 1 aliphatic rings. The second-order valence-corrected chi connectivity index (χ2v) is 11.0. The molecule has 1 aromatic heterocycles. The van der Waals surface area contributed by atoms with Crippen molar-refractivity contribution < 1.29 is 18.1 Å². The number of nitrogens with zero attached hydrogens (tertiary/aromatic N) is 4. The minimum atomic E-state index is -3.65. The summed E-state index contributed by atoms with van der Waals surface area (Å²) in [5, 5.41) is 11.1. The lowest BCUT2D eigenvalue weighted by atomic mass is 10.2. The molecule has 11 heteroatoms. The summed E-state index contributed by atoms with van der Waals surface area (Å²) < 4.78 is 29.5. The topological polar surface area (TPSA) is 115 Å². The molecule has 0 bridgehead atoms. The number of fused-ring (bicyclic) bond motifs is 1. The van der Waals surface area contributed by atoms with Crippen LogP contribution in [0.4, 0.5) is 5.69 Å². The fourth-order valence-electron chi connectivity index (χ4n) is 4.06. The van der Waals surface area contributed by atoms with Crippen LogP contribution >= 0.6 is 11.3 Å². The molecule has 0 unspecified atom stereocenters. The lowest BCUT2D eigenvalue weighted by Crippen LogP contribution is -2.35. The molecule has 9 nitrogen and oxygen atoms in total. The Kier molecular flexibility index (Phi) is 6.65. The first-order valence-electron chi connectivity index (χ1n) is 10.6. The van der Waals surface area contributed by atoms with Crippen molar-refractivity contribution >= 4 is 43.2 Å². The van der Waals surface area contributed by atoms with E-state index in [1.807, 2.05) is 0 Å². The molecule has 4 rings (SSSR count). The molecule has 0 spiro atoms. The van der Waals surface area contributed by atoms with Crippen molar-refractivity contribution in [1.82, 2.24) is 8.87 Å². The number of carbonyl (C=O) groups is 1. The van der Waals surface area contributed by atoms with E-state index in [-0.39, 0.29) is 28.7 Å². The molecule has 176 valence electrons. The van der Waals surface area contributed by atoms with Gasteiger partial charge in [0.15, 0.2) is 4.80 Å². The Balaban J connectivity index is 1.66. The van der Waals surface area contributed by atoms with Gasteiger partial charge in [-0.05, 0) is 43.2 Å². The van der Waals surface area contributed by atoms with Crippen LogP contribution in [0.3, 0.4) is 0 Å². The number of benzene rings is 2. The van der Waals surface area contributed by atoms with Gasteiger partial charge in [-0.2, -0.15) is 9.30 Å². The minimum Gasteiger partial charge on any atom is -0.305 e. The second kappa shape index (κ2) is 9.50. The predicted octanol–water partition coefficient (Wildman–Crippen LogP) is 3.55. The van der Waals surface area contributed by atoms with E-state index >= 15 is 0 Å². The molecule has 2 aromatic carbocycles. The summed E-state index contributed by atoms with van der Waals surface area (Å²) in [7, 11) is -2.06. The van der Waals surface area contributed by atoms with Gasteiger partial charge in [0.1, 0.15) is 0 Å². The number of aromatic nitrogens is 1. The monoisotopic (exact) mass is 498 g/mol. The van der Waals surface area contributed by atoms with Gasteiger partial charge in [-0.15, -0.1) is 6.42 Å². The Bertz CT molecular complexity index is 1470. The smallest absolute Gasteiger partial charge is 0.279 e. The van der Waals surface area contributed by atoms with Gasteiger partial charge in [0.05, 0.1) is 26.6 Å². The van der Waals surface area contributed by atoms with Gasteiger partial charge in [0.25, 0.3) is 11.6 Å². The average molecular weight is 499 g/mol. The number of rotatable bonds is 6. The first-order valence-corrected chi connectivity index (χ1v) is 12.9. The molecule has 0 N–H and O–H groups in total. The van der Waals surface area contributed by atoms with Crippen LogP contribution in [0.5, 0.6) is 0 Å². The molecule has 0 atom stereocenters. The zero-order valence-corrected chi connectivity index (χ0v) is 20.0. The van der Waals surface area contributed by atoms with Crippen LogP contribution in [-0.2, 0) is 16.6 Å². The number of amides is 1. The van der Waals surface area contributed by atoms with E-state index in [4.69, 9.17) is 6.42 Å². The summed E-state index contributed by atoms with van der Waals surface area (Å²) in [6.45, 7) is 0.134. The zero-order chi connectivity index (χ0) is 24.5. The van der Waals surface area contributed by atoms with E-state index in [0.29, 0.717) is 15.0 Å². The molecular formula is C23H22N4O5S2. The fraction of sp³-hybridized carbons (Fsp3) is 0.304. The maximum absolute atomic E-state index is 12.9. The third-order valence-corrected chi connectivity index (χ3v) is 8.91. The third-order valence-electron chi connectivity index (χ3n) is 5.94. The van der Waals surface area contributed by atoms with Crippen molar-refractivity contribution in [3.8, 4) is 12.3 Å². The Labute approximate surface area is 200 Å². The SMILES string of the molecule is C#CCn1c(=NC(=O)c2ccc(S(=O)(=O)N(C)C3CCCC3)cc2)sc2cc([N+](=O)[O-])ccc21. The Hall–Kier alpha value is -3.33. The van der Waals surface area contributed by atoms with Gasteiger partial charge in [-0.1, -0.05) is 30.1 Å². The molecular weight excluding hydrogens is 476 g/mol. The summed E-state index contributed by atoms with van der Waals surface area (Å²) in [4.78, 5) is 28.0. The Morgan fingerprint density at radius 2 is 1.94 bits per heavy atom. The van der Waals surface area contributed by atoms with Crippen molar-refractivity contribution in [3.63, 3.8) is 0 Å². The molecule has 1 amide bonds. The number of nitro benzene ring substituents is 1. The maximum atomic E-state index is 12.9. The van der Waals surface area contributed by atoms with Gasteiger partial charge in [0, 0.05) is 30.8 Å². The van der Waals surface area contributed by atoms with Gasteiger partial charge in [0.2, 0.25) is 10.0 Å². The minimum absolute atomic E-state index is 0.00306. The van der Waals surface area contributed by atoms with Crippen LogP contribution in [0.2, 0.25) is 0 Å². The molecule has 1 aliphatic carbocycles. The largest absolute Gasteiger partial charge is 0.305 e. The fourth-order valence-corrected chi connectivity index (χ4v) is 6.53. The van der Waals surface area contributed by atoms with Crippen LogP contribution in [0.25, 0.3) is 10.2 Å². The highest BCUT2D eigenvalue weighted by atomic mass is 32.2. The predicted molar refractivity (Wildman–Crippen MR) is 129 cm³/mol. The van der Waals surface area contributed by atoms with Gasteiger partial charge in [-0.3, -0.25) is 14.9 Å². The number of nitro groups is 1. The average Bonchev–Trinajstić information content (AvgIpc) is 3.47. The molecule has 1 fully saturated rings. The number of thiazole rings is 1. The summed E-state index contributed by atoms with van der Waals surface area (Å²) >= 11 is 1.12. The van der Waals surface area contributed by atoms with Gasteiger partial charge in [-0.25, -0.2) is 8.42 Å². The first kappa shape index (κ1) is 23.8. The number of hydrogen-bond acceptors (Lipinski definition) is 6. The van der Waals surface area contributed by atoms with Crippen LogP contribution in [0.1, 0.15) is 36.0 Å². The molecule has 3 aromatic rings. The van der Waals surface area contributed by atoms with Crippen molar-refractivity contribution in [1.29, 1.82) is 0 Å². The zero-order valence-electron chi connectivity index (χ0n) is 18.4. The third kappa shape index (κ3) is 4.52. The first-order chi connectivity index (χ1) is 16.2. The van der Waals surface area contributed by atoms with E-state index in [1.165, 1.54) is 40.7 Å². The highest BCUT2D eigenvalue weighted by molar-refractivity contribution is 7.89. The number of non-ortho nitro benzene ring substituents is 1. The van der Waals surface area contributed by atoms with E-state index < -0.39 is 20.9 Å². The summed E-state index contributed by atoms with van der Waals surface area (Å²) in [6.07, 6.45) is 9.20. The number of sulfonamides is 1. The lowest BCUT2D eigenvalue weighted by Gasteiger charge is -2.23. The van der Waals surface area contributed by atoms with E-state index in [2.05, 4.69) is 10.9 Å². The number of carbonyl (C=O) groups excluding carboxylic acids is 1. The molecule has 0 aliphatic heterocycles. The Morgan fingerprint density at radius 1 is 1.26 bits per heavy atom. The van der Waals surface area contributed by atoms with Crippen LogP contribution in [-0.4, -0.2) is 41.2 Å². The standard InChI is InChI=1S/C23H22N4O5S2/c1-3-14-26-20-13-10-18(27(29)30)15-21(20)33-23(26)24-22(28)16-8-11-19(12-9-16)34(31,32)25(2)17-6-4-5-7-17/h1,8-13,15,17H,4-7,14H2,2H3. The van der Waals surface area contributed by atoms with Crippen LogP contribution in [0.15, 0.2) is 52.4 Å². The lowest BCUT2D eigenvalue weighted by molar-refractivity contribution is -0.384. The number of hydrogen-bond donors (Lipinski definition) is 0. The maximum Gasteiger partial charge on any atom is 0.279 e. The summed E-state index contributed by atoms with van der Waals surface area (Å²) in [5.74, 6) is 1.93. The molecule has 0 saturated heterocycles. The van der Waals surface area contributed by atoms with Crippen molar-refractivity contribution in [2.75, 3.05) is 7.05 Å². The quantitative estimate of drug-likeness (QED) is 0.293. The van der Waals surface area contributed by atoms with E-state index in [0.717, 1.165) is 37.0 Å². The molecule has 34 heavy (non-hydrogen) atoms. The van der Waals surface area contributed by atoms with E-state index in [1.54, 1.807) is 17.7 Å². The molecule has 1 saturated carbocycles. The number of terminal acetylenes is 1. The summed E-state index contributed by atoms with van der Waals surface area (Å²) in [5.41, 5.74) is 0.786. The van der Waals surface area contributed by atoms with Gasteiger partial charge >= 0.3 is 0 Å². The highest BCUT2D eigenvalue weighted by Gasteiger charge is 2.30. The highest BCUT2D eigenvalue weighted by Crippen LogP contribution is 2.27.